The Morgan fingerprint density at radius 1 is 1.24 bits per heavy atom. The van der Waals surface area contributed by atoms with E-state index in [4.69, 9.17) is 8.83 Å². The van der Waals surface area contributed by atoms with Crippen LogP contribution in [0.2, 0.25) is 0 Å². The molecule has 0 spiro atoms. The third kappa shape index (κ3) is 3.54. The molecule has 0 radical (unpaired) electrons. The average Bonchev–Trinajstić information content (AvgIpc) is 3.16. The van der Waals surface area contributed by atoms with Gasteiger partial charge in [-0.25, -0.2) is 9.78 Å². The molecule has 0 saturated heterocycles. The lowest BCUT2D eigenvalue weighted by Gasteiger charge is -2.22. The fourth-order valence-corrected chi connectivity index (χ4v) is 2.69. The Morgan fingerprint density at radius 3 is 2.64 bits per heavy atom. The lowest BCUT2D eigenvalue weighted by molar-refractivity contribution is 0.209. The van der Waals surface area contributed by atoms with Gasteiger partial charge in [-0.05, 0) is 26.1 Å². The first-order chi connectivity index (χ1) is 11.8. The molecule has 0 amide bonds. The summed E-state index contributed by atoms with van der Waals surface area (Å²) in [6.07, 6.45) is 1.80. The topological polar surface area (TPSA) is 64.4 Å². The van der Waals surface area contributed by atoms with Crippen LogP contribution < -0.4 is 5.76 Å². The summed E-state index contributed by atoms with van der Waals surface area (Å²) in [5.74, 6) is 1.24. The molecule has 2 aromatic heterocycles. The van der Waals surface area contributed by atoms with Crippen LogP contribution >= 0.6 is 0 Å². The van der Waals surface area contributed by atoms with Gasteiger partial charge in [0.05, 0.1) is 17.8 Å². The highest BCUT2D eigenvalue weighted by atomic mass is 16.4. The van der Waals surface area contributed by atoms with Crippen LogP contribution in [0.1, 0.15) is 45.4 Å². The molecule has 134 valence electrons. The predicted molar refractivity (Wildman–Crippen MR) is 96.7 cm³/mol. The van der Waals surface area contributed by atoms with Gasteiger partial charge >= 0.3 is 5.76 Å². The van der Waals surface area contributed by atoms with E-state index in [-0.39, 0.29) is 17.2 Å². The van der Waals surface area contributed by atoms with E-state index in [1.54, 1.807) is 16.8 Å². The molecule has 3 rings (SSSR count). The standard InChI is InChI=1S/C19H25N3O3/c1-13(17-20-12-16(25-17)19(2,3)4)21(5)10-11-22-14-8-6-7-9-15(14)24-18(22)23/h6-9,12-13H,10-11H2,1-5H3. The van der Waals surface area contributed by atoms with E-state index in [9.17, 15) is 4.79 Å². The van der Waals surface area contributed by atoms with Crippen molar-refractivity contribution in [3.8, 4) is 0 Å². The smallest absolute Gasteiger partial charge is 0.419 e. The molecule has 6 nitrogen and oxygen atoms in total. The van der Waals surface area contributed by atoms with E-state index in [1.807, 2.05) is 25.2 Å². The van der Waals surface area contributed by atoms with Crippen molar-refractivity contribution < 1.29 is 8.83 Å². The van der Waals surface area contributed by atoms with Crippen molar-refractivity contribution in [2.45, 2.75) is 45.7 Å². The number of para-hydroxylation sites is 2. The minimum Gasteiger partial charge on any atom is -0.443 e. The zero-order chi connectivity index (χ0) is 18.2. The van der Waals surface area contributed by atoms with Gasteiger partial charge in [-0.2, -0.15) is 0 Å². The Morgan fingerprint density at radius 2 is 1.96 bits per heavy atom. The Balaban J connectivity index is 1.71. The molecule has 0 aliphatic rings. The van der Waals surface area contributed by atoms with Crippen LogP contribution in [0, 0.1) is 0 Å². The largest absolute Gasteiger partial charge is 0.443 e. The van der Waals surface area contributed by atoms with Gasteiger partial charge in [0.1, 0.15) is 5.76 Å². The summed E-state index contributed by atoms with van der Waals surface area (Å²) in [7, 11) is 2.00. The second-order valence-electron chi connectivity index (χ2n) is 7.46. The van der Waals surface area contributed by atoms with Gasteiger partial charge < -0.3 is 8.83 Å². The van der Waals surface area contributed by atoms with E-state index in [0.717, 1.165) is 11.3 Å². The number of hydrogen-bond acceptors (Lipinski definition) is 5. The SMILES string of the molecule is CC(c1ncc(C(C)(C)C)o1)N(C)CCn1c(=O)oc2ccccc21. The third-order valence-corrected chi connectivity index (χ3v) is 4.53. The van der Waals surface area contributed by atoms with E-state index < -0.39 is 0 Å². The van der Waals surface area contributed by atoms with Crippen LogP contribution in [-0.2, 0) is 12.0 Å². The molecule has 0 bridgehead atoms. The number of oxazole rings is 2. The quantitative estimate of drug-likeness (QED) is 0.708. The van der Waals surface area contributed by atoms with Gasteiger partial charge in [0, 0.05) is 18.5 Å². The minimum atomic E-state index is -0.326. The summed E-state index contributed by atoms with van der Waals surface area (Å²) in [6, 6.07) is 7.48. The molecule has 1 unspecified atom stereocenters. The molecule has 0 fully saturated rings. The van der Waals surface area contributed by atoms with Crippen LogP contribution in [0.25, 0.3) is 11.1 Å². The molecule has 25 heavy (non-hydrogen) atoms. The Bertz CT molecular complexity index is 914. The Labute approximate surface area is 147 Å². The van der Waals surface area contributed by atoms with Gasteiger partial charge in [-0.3, -0.25) is 9.47 Å². The maximum absolute atomic E-state index is 12.1. The second-order valence-corrected chi connectivity index (χ2v) is 7.46. The van der Waals surface area contributed by atoms with Crippen molar-refractivity contribution in [1.82, 2.24) is 14.5 Å². The minimum absolute atomic E-state index is 0.0185. The first kappa shape index (κ1) is 17.5. The molecule has 3 aromatic rings. The number of likely N-dealkylation sites (N-methyl/N-ethyl adjacent to an activating group) is 1. The van der Waals surface area contributed by atoms with Crippen molar-refractivity contribution >= 4 is 11.1 Å². The first-order valence-electron chi connectivity index (χ1n) is 8.52. The number of aromatic nitrogens is 2. The Kier molecular flexibility index (Phi) is 4.56. The maximum Gasteiger partial charge on any atom is 0.419 e. The van der Waals surface area contributed by atoms with E-state index in [2.05, 4.69) is 37.6 Å². The van der Waals surface area contributed by atoms with E-state index >= 15 is 0 Å². The predicted octanol–water partition coefficient (Wildman–Crippen LogP) is 3.57. The van der Waals surface area contributed by atoms with Crippen molar-refractivity contribution in [3.63, 3.8) is 0 Å². The van der Waals surface area contributed by atoms with Crippen LogP contribution in [-0.4, -0.2) is 28.0 Å². The number of hydrogen-bond donors (Lipinski definition) is 0. The fraction of sp³-hybridized carbons (Fsp3) is 0.474. The summed E-state index contributed by atoms with van der Waals surface area (Å²) in [6.45, 7) is 9.57. The molecule has 1 atom stereocenters. The van der Waals surface area contributed by atoms with Crippen molar-refractivity contribution in [3.05, 3.63) is 52.7 Å². The molecule has 1 aromatic carbocycles. The number of nitrogens with zero attached hydrogens (tertiary/aromatic N) is 3. The lowest BCUT2D eigenvalue weighted by Crippen LogP contribution is -2.29. The average molecular weight is 343 g/mol. The monoisotopic (exact) mass is 343 g/mol. The van der Waals surface area contributed by atoms with Crippen LogP contribution in [0.5, 0.6) is 0 Å². The maximum atomic E-state index is 12.1. The Hall–Kier alpha value is -2.34. The molecule has 6 heteroatoms. The van der Waals surface area contributed by atoms with Crippen LogP contribution in [0.15, 0.2) is 44.1 Å². The molecule has 0 saturated carbocycles. The fourth-order valence-electron chi connectivity index (χ4n) is 2.69. The van der Waals surface area contributed by atoms with Crippen molar-refractivity contribution in [2.75, 3.05) is 13.6 Å². The lowest BCUT2D eigenvalue weighted by atomic mass is 9.94. The molecule has 0 aliphatic carbocycles. The van der Waals surface area contributed by atoms with Gasteiger partial charge in [-0.15, -0.1) is 0 Å². The first-order valence-corrected chi connectivity index (χ1v) is 8.52. The highest BCUT2D eigenvalue weighted by molar-refractivity contribution is 5.72. The second kappa shape index (κ2) is 6.52. The summed E-state index contributed by atoms with van der Waals surface area (Å²) in [5, 5.41) is 0. The number of rotatable bonds is 5. The van der Waals surface area contributed by atoms with Crippen LogP contribution in [0.3, 0.4) is 0 Å². The van der Waals surface area contributed by atoms with Gasteiger partial charge in [-0.1, -0.05) is 32.9 Å². The number of fused-ring (bicyclic) bond motifs is 1. The zero-order valence-electron chi connectivity index (χ0n) is 15.4. The van der Waals surface area contributed by atoms with Crippen molar-refractivity contribution in [1.29, 1.82) is 0 Å². The van der Waals surface area contributed by atoms with E-state index in [1.165, 1.54) is 0 Å². The number of benzene rings is 1. The summed E-state index contributed by atoms with van der Waals surface area (Å²) >= 11 is 0. The normalized spacial score (nSPS) is 13.7. The third-order valence-electron chi connectivity index (χ3n) is 4.53. The molecule has 0 N–H and O–H groups in total. The van der Waals surface area contributed by atoms with Gasteiger partial charge in [0.15, 0.2) is 5.58 Å². The highest BCUT2D eigenvalue weighted by Gasteiger charge is 2.23. The summed E-state index contributed by atoms with van der Waals surface area (Å²) in [4.78, 5) is 18.6. The molecular weight excluding hydrogens is 318 g/mol. The van der Waals surface area contributed by atoms with Gasteiger partial charge in [0.25, 0.3) is 0 Å². The van der Waals surface area contributed by atoms with Crippen LogP contribution in [0.4, 0.5) is 0 Å². The van der Waals surface area contributed by atoms with Crippen molar-refractivity contribution in [2.24, 2.45) is 0 Å². The molecular formula is C19H25N3O3. The zero-order valence-corrected chi connectivity index (χ0v) is 15.4. The summed E-state index contributed by atoms with van der Waals surface area (Å²) < 4.78 is 12.9. The highest BCUT2D eigenvalue weighted by Crippen LogP contribution is 2.26. The van der Waals surface area contributed by atoms with E-state index in [0.29, 0.717) is 24.6 Å². The summed E-state index contributed by atoms with van der Waals surface area (Å²) in [5.41, 5.74) is 1.37. The molecule has 0 aliphatic heterocycles. The molecule has 2 heterocycles. The van der Waals surface area contributed by atoms with Gasteiger partial charge in [0.2, 0.25) is 5.89 Å².